The fourth-order valence-corrected chi connectivity index (χ4v) is 4.71. The van der Waals surface area contributed by atoms with Crippen molar-refractivity contribution in [3.8, 4) is 0 Å². The van der Waals surface area contributed by atoms with E-state index in [4.69, 9.17) is 0 Å². The largest absolute Gasteiger partial charge is 0.350 e. The van der Waals surface area contributed by atoms with Crippen LogP contribution in [0, 0.1) is 11.6 Å². The van der Waals surface area contributed by atoms with Gasteiger partial charge in [0.25, 0.3) is 0 Å². The Balaban J connectivity index is 2.20. The Hall–Kier alpha value is -2.53. The van der Waals surface area contributed by atoms with Crippen molar-refractivity contribution in [2.75, 3.05) is 17.1 Å². The number of hydrogen-bond donors (Lipinski definition) is 1. The van der Waals surface area contributed by atoms with E-state index in [1.807, 2.05) is 45.0 Å². The molecule has 0 heterocycles. The molecule has 0 saturated heterocycles. The number of benzene rings is 2. The number of rotatable bonds is 10. The summed E-state index contributed by atoms with van der Waals surface area (Å²) in [4.78, 5) is 27.5. The molecule has 2 aromatic carbocycles. The zero-order valence-electron chi connectivity index (χ0n) is 21.0. The number of nitrogens with one attached hydrogen (secondary N) is 1. The van der Waals surface area contributed by atoms with Gasteiger partial charge in [-0.2, -0.15) is 0 Å². The summed E-state index contributed by atoms with van der Waals surface area (Å²) in [6, 6.07) is 9.39. The second-order valence-corrected chi connectivity index (χ2v) is 12.4. The van der Waals surface area contributed by atoms with Crippen molar-refractivity contribution in [1.82, 2.24) is 10.2 Å². The topological polar surface area (TPSA) is 86.8 Å². The summed E-state index contributed by atoms with van der Waals surface area (Å²) in [5.74, 6) is -2.91. The fraction of sp³-hybridized carbons (Fsp3) is 0.440. The monoisotopic (exact) mass is 587 g/mol. The van der Waals surface area contributed by atoms with Crippen molar-refractivity contribution in [2.24, 2.45) is 0 Å². The minimum absolute atomic E-state index is 0.0338. The summed E-state index contributed by atoms with van der Waals surface area (Å²) in [6.07, 6.45) is 1.00. The molecule has 0 aliphatic carbocycles. The van der Waals surface area contributed by atoms with Gasteiger partial charge in [-0.3, -0.25) is 13.9 Å². The van der Waals surface area contributed by atoms with Crippen molar-refractivity contribution < 1.29 is 26.8 Å². The Morgan fingerprint density at radius 1 is 1.06 bits per heavy atom. The van der Waals surface area contributed by atoms with Crippen LogP contribution < -0.4 is 9.62 Å². The molecule has 2 aromatic rings. The Labute approximate surface area is 220 Å². The summed E-state index contributed by atoms with van der Waals surface area (Å²) in [5, 5.41) is 2.88. The van der Waals surface area contributed by atoms with E-state index in [1.54, 1.807) is 6.92 Å². The Kier molecular flexibility index (Phi) is 10.0. The third-order valence-electron chi connectivity index (χ3n) is 5.28. The lowest BCUT2D eigenvalue weighted by Gasteiger charge is -2.32. The predicted octanol–water partition coefficient (Wildman–Crippen LogP) is 4.61. The van der Waals surface area contributed by atoms with E-state index in [9.17, 15) is 26.8 Å². The van der Waals surface area contributed by atoms with Crippen molar-refractivity contribution in [1.29, 1.82) is 0 Å². The van der Waals surface area contributed by atoms with Crippen LogP contribution in [-0.2, 0) is 26.2 Å². The van der Waals surface area contributed by atoms with E-state index in [0.29, 0.717) is 0 Å². The van der Waals surface area contributed by atoms with Crippen LogP contribution in [0.2, 0.25) is 0 Å². The molecule has 0 saturated carbocycles. The number of amides is 2. The van der Waals surface area contributed by atoms with Crippen LogP contribution in [0.5, 0.6) is 0 Å². The molecule has 1 N–H and O–H groups in total. The van der Waals surface area contributed by atoms with Gasteiger partial charge in [-0.05, 0) is 63.9 Å². The summed E-state index contributed by atoms with van der Waals surface area (Å²) in [7, 11) is -3.82. The van der Waals surface area contributed by atoms with Crippen molar-refractivity contribution in [3.63, 3.8) is 0 Å². The van der Waals surface area contributed by atoms with Crippen LogP contribution in [0.15, 0.2) is 46.9 Å². The molecule has 0 spiro atoms. The molecule has 0 unspecified atom stereocenters. The molecule has 0 bridgehead atoms. The summed E-state index contributed by atoms with van der Waals surface area (Å²) in [5.41, 5.74) is 0.299. The number of hydrogen-bond acceptors (Lipinski definition) is 4. The van der Waals surface area contributed by atoms with Crippen LogP contribution in [0.1, 0.15) is 46.1 Å². The van der Waals surface area contributed by atoms with Gasteiger partial charge in [0.15, 0.2) is 11.6 Å². The molecule has 0 aromatic heterocycles. The number of sulfonamides is 1. The number of anilines is 1. The Bertz CT molecular complexity index is 1180. The Morgan fingerprint density at radius 2 is 1.67 bits per heavy atom. The SMILES string of the molecule is C[C@H](C(=O)NC(C)(C)C)N(Cc1ccc(Br)cc1)C(=O)CCCN(c1ccc(F)c(F)c1)S(C)(=O)=O. The predicted molar refractivity (Wildman–Crippen MR) is 140 cm³/mol. The van der Waals surface area contributed by atoms with Crippen LogP contribution >= 0.6 is 15.9 Å². The van der Waals surface area contributed by atoms with Gasteiger partial charge in [0.2, 0.25) is 21.8 Å². The third-order valence-corrected chi connectivity index (χ3v) is 7.00. The standard InChI is InChI=1S/C25H32BrF2N3O4S/c1-17(24(33)29-25(2,3)4)30(16-18-8-10-19(26)11-9-18)23(32)7-6-14-31(36(5,34)35)20-12-13-21(27)22(28)15-20/h8-13,15,17H,6-7,14,16H2,1-5H3,(H,29,33)/t17-/m1/s1. The highest BCUT2D eigenvalue weighted by atomic mass is 79.9. The lowest BCUT2D eigenvalue weighted by molar-refractivity contribution is -0.141. The van der Waals surface area contributed by atoms with Gasteiger partial charge in [0, 0.05) is 35.6 Å². The average Bonchev–Trinajstić information content (AvgIpc) is 2.75. The van der Waals surface area contributed by atoms with Crippen molar-refractivity contribution >= 4 is 43.5 Å². The lowest BCUT2D eigenvalue weighted by Crippen LogP contribution is -2.52. The minimum atomic E-state index is -3.82. The average molecular weight is 589 g/mol. The maximum atomic E-state index is 13.7. The van der Waals surface area contributed by atoms with Crippen LogP contribution in [0.25, 0.3) is 0 Å². The molecule has 0 fully saturated rings. The third kappa shape index (κ3) is 8.85. The molecule has 7 nitrogen and oxygen atoms in total. The highest BCUT2D eigenvalue weighted by Crippen LogP contribution is 2.22. The van der Waals surface area contributed by atoms with E-state index < -0.39 is 33.2 Å². The summed E-state index contributed by atoms with van der Waals surface area (Å²) < 4.78 is 53.4. The number of nitrogens with zero attached hydrogens (tertiary/aromatic N) is 2. The van der Waals surface area contributed by atoms with Crippen LogP contribution in [0.4, 0.5) is 14.5 Å². The Morgan fingerprint density at radius 3 is 2.19 bits per heavy atom. The minimum Gasteiger partial charge on any atom is -0.350 e. The van der Waals surface area contributed by atoms with E-state index >= 15 is 0 Å². The second kappa shape index (κ2) is 12.1. The maximum Gasteiger partial charge on any atom is 0.242 e. The smallest absolute Gasteiger partial charge is 0.242 e. The second-order valence-electron chi connectivity index (χ2n) is 9.60. The first kappa shape index (κ1) is 29.7. The fourth-order valence-electron chi connectivity index (χ4n) is 3.49. The van der Waals surface area contributed by atoms with Crippen molar-refractivity contribution in [2.45, 2.75) is 58.7 Å². The van der Waals surface area contributed by atoms with E-state index in [0.717, 1.165) is 32.7 Å². The number of carbonyl (C=O) groups is 2. The molecule has 0 aliphatic heterocycles. The molecule has 2 amide bonds. The van der Waals surface area contributed by atoms with Crippen LogP contribution in [0.3, 0.4) is 0 Å². The zero-order chi connectivity index (χ0) is 27.3. The summed E-state index contributed by atoms with van der Waals surface area (Å²) in [6.45, 7) is 7.24. The molecule has 0 radical (unpaired) electrons. The molecule has 36 heavy (non-hydrogen) atoms. The molecule has 1 atom stereocenters. The molecule has 0 aliphatic rings. The highest BCUT2D eigenvalue weighted by molar-refractivity contribution is 9.10. The molecular formula is C25H32BrF2N3O4S. The van der Waals surface area contributed by atoms with E-state index in [2.05, 4.69) is 21.2 Å². The van der Waals surface area contributed by atoms with Crippen molar-refractivity contribution in [3.05, 3.63) is 64.1 Å². The number of carbonyl (C=O) groups excluding carboxylic acids is 2. The summed E-state index contributed by atoms with van der Waals surface area (Å²) >= 11 is 3.37. The molecular weight excluding hydrogens is 556 g/mol. The number of halogens is 3. The van der Waals surface area contributed by atoms with Gasteiger partial charge in [0.1, 0.15) is 6.04 Å². The molecule has 2 rings (SSSR count). The van der Waals surface area contributed by atoms with Gasteiger partial charge in [-0.25, -0.2) is 17.2 Å². The first-order valence-corrected chi connectivity index (χ1v) is 14.0. The van der Waals surface area contributed by atoms with Gasteiger partial charge >= 0.3 is 0 Å². The highest BCUT2D eigenvalue weighted by Gasteiger charge is 2.28. The normalized spacial score (nSPS) is 12.7. The van der Waals surface area contributed by atoms with Gasteiger partial charge in [0.05, 0.1) is 11.9 Å². The first-order valence-electron chi connectivity index (χ1n) is 11.4. The van der Waals surface area contributed by atoms with Gasteiger partial charge < -0.3 is 10.2 Å². The zero-order valence-corrected chi connectivity index (χ0v) is 23.4. The molecule has 198 valence electrons. The van der Waals surface area contributed by atoms with Gasteiger partial charge in [-0.1, -0.05) is 28.1 Å². The van der Waals surface area contributed by atoms with Crippen LogP contribution in [-0.4, -0.2) is 49.5 Å². The lowest BCUT2D eigenvalue weighted by atomic mass is 10.1. The quantitative estimate of drug-likeness (QED) is 0.440. The van der Waals surface area contributed by atoms with E-state index in [-0.39, 0.29) is 43.4 Å². The maximum absolute atomic E-state index is 13.7. The molecule has 11 heteroatoms. The van der Waals surface area contributed by atoms with Gasteiger partial charge in [-0.15, -0.1) is 0 Å². The van der Waals surface area contributed by atoms with E-state index in [1.165, 1.54) is 11.0 Å². The first-order chi connectivity index (χ1) is 16.6.